The van der Waals surface area contributed by atoms with Crippen LogP contribution in [0.15, 0.2) is 24.3 Å². The van der Waals surface area contributed by atoms with Gasteiger partial charge in [-0.3, -0.25) is 4.68 Å². The quantitative estimate of drug-likeness (QED) is 0.781. The molecule has 5 heteroatoms. The number of aromatic nitrogens is 2. The number of hydrogen-bond donors (Lipinski definition) is 0. The first-order valence-corrected chi connectivity index (χ1v) is 6.84. The molecule has 0 N–H and O–H groups in total. The van der Waals surface area contributed by atoms with Gasteiger partial charge in [-0.2, -0.15) is 10.4 Å². The molecule has 0 atom stereocenters. The van der Waals surface area contributed by atoms with Gasteiger partial charge in [-0.05, 0) is 25.0 Å². The van der Waals surface area contributed by atoms with E-state index in [1.165, 1.54) is 0 Å². The number of hydrogen-bond acceptors (Lipinski definition) is 3. The zero-order chi connectivity index (χ0) is 15.2. The fraction of sp³-hybridized carbons (Fsp3) is 0.312. The van der Waals surface area contributed by atoms with Crippen molar-refractivity contribution in [2.75, 3.05) is 0 Å². The maximum atomic E-state index is 8.88. The van der Waals surface area contributed by atoms with Crippen molar-refractivity contribution < 1.29 is 4.74 Å². The van der Waals surface area contributed by atoms with Crippen LogP contribution >= 0.6 is 0 Å². The first-order valence-electron chi connectivity index (χ1n) is 6.84. The minimum absolute atomic E-state index is 0.218. The van der Waals surface area contributed by atoms with Crippen molar-refractivity contribution >= 4 is 5.69 Å². The highest BCUT2D eigenvalue weighted by molar-refractivity contribution is 5.48. The third-order valence-corrected chi connectivity index (χ3v) is 3.15. The lowest BCUT2D eigenvalue weighted by Crippen LogP contribution is -2.03. The average molecular weight is 280 g/mol. The minimum atomic E-state index is 0.218. The van der Waals surface area contributed by atoms with Gasteiger partial charge in [0.1, 0.15) is 18.0 Å². The highest BCUT2D eigenvalue weighted by Gasteiger charge is 2.17. The summed E-state index contributed by atoms with van der Waals surface area (Å²) in [5, 5.41) is 13.3. The van der Waals surface area contributed by atoms with Gasteiger partial charge >= 0.3 is 0 Å². The molecule has 0 aliphatic rings. The van der Waals surface area contributed by atoms with Crippen LogP contribution in [0.2, 0.25) is 0 Å². The van der Waals surface area contributed by atoms with E-state index in [1.54, 1.807) is 28.9 Å². The third kappa shape index (κ3) is 3.04. The van der Waals surface area contributed by atoms with Gasteiger partial charge in [-0.25, -0.2) is 4.85 Å². The van der Waals surface area contributed by atoms with Crippen molar-refractivity contribution in [1.82, 2.24) is 9.78 Å². The number of aryl methyl sites for hydroxylation is 1. The molecular weight excluding hydrogens is 264 g/mol. The van der Waals surface area contributed by atoms with Crippen LogP contribution in [-0.4, -0.2) is 9.78 Å². The summed E-state index contributed by atoms with van der Waals surface area (Å²) in [5.74, 6) is 1.40. The van der Waals surface area contributed by atoms with Crippen LogP contribution in [0.1, 0.15) is 25.2 Å². The molecule has 0 saturated carbocycles. The van der Waals surface area contributed by atoms with E-state index in [9.17, 15) is 0 Å². The molecule has 1 aromatic carbocycles. The molecule has 0 unspecified atom stereocenters. The molecule has 106 valence electrons. The molecule has 2 rings (SSSR count). The second-order valence-corrected chi connectivity index (χ2v) is 4.45. The van der Waals surface area contributed by atoms with E-state index in [4.69, 9.17) is 16.6 Å². The van der Waals surface area contributed by atoms with Crippen molar-refractivity contribution in [3.63, 3.8) is 0 Å². The van der Waals surface area contributed by atoms with Gasteiger partial charge in [0.2, 0.25) is 0 Å². The Hall–Kier alpha value is -2.79. The summed E-state index contributed by atoms with van der Waals surface area (Å²) in [6.07, 6.45) is 1.48. The van der Waals surface area contributed by atoms with Crippen molar-refractivity contribution in [2.24, 2.45) is 0 Å². The van der Waals surface area contributed by atoms with Gasteiger partial charge in [0.25, 0.3) is 0 Å². The predicted molar refractivity (Wildman–Crippen MR) is 79.4 cm³/mol. The summed E-state index contributed by atoms with van der Waals surface area (Å²) >= 11 is 0. The Morgan fingerprint density at radius 3 is 2.52 bits per heavy atom. The van der Waals surface area contributed by atoms with Gasteiger partial charge in [0.15, 0.2) is 11.4 Å². The maximum Gasteiger partial charge on any atom is 0.187 e. The molecule has 0 radical (unpaired) electrons. The molecule has 0 bridgehead atoms. The van der Waals surface area contributed by atoms with Crippen LogP contribution in [-0.2, 0) is 19.4 Å². The SMILES string of the molecule is [C-]#[N+]c1ccc(Oc2c(CC)nn(CC#N)c2CC)cc1. The highest BCUT2D eigenvalue weighted by Crippen LogP contribution is 2.31. The van der Waals surface area contributed by atoms with Crippen molar-refractivity contribution in [2.45, 2.75) is 33.2 Å². The molecule has 21 heavy (non-hydrogen) atoms. The van der Waals surface area contributed by atoms with E-state index in [0.29, 0.717) is 11.4 Å². The normalized spacial score (nSPS) is 9.90. The monoisotopic (exact) mass is 280 g/mol. The molecule has 1 heterocycles. The standard InChI is InChI=1S/C16H16N4O/c1-4-14-16(15(5-2)20(19-14)11-10-17)21-13-8-6-12(18-3)7-9-13/h6-9H,4-5,11H2,1-2H3. The second-order valence-electron chi connectivity index (χ2n) is 4.45. The van der Waals surface area contributed by atoms with E-state index in [1.807, 2.05) is 13.8 Å². The lowest BCUT2D eigenvalue weighted by atomic mass is 10.2. The summed E-state index contributed by atoms with van der Waals surface area (Å²) < 4.78 is 7.65. The topological polar surface area (TPSA) is 55.2 Å². The number of nitriles is 1. The van der Waals surface area contributed by atoms with Crippen molar-refractivity contribution in [1.29, 1.82) is 5.26 Å². The lowest BCUT2D eigenvalue weighted by Gasteiger charge is -2.08. The summed E-state index contributed by atoms with van der Waals surface area (Å²) in [4.78, 5) is 3.36. The van der Waals surface area contributed by atoms with Crippen molar-refractivity contribution in [3.05, 3.63) is 47.1 Å². The summed E-state index contributed by atoms with van der Waals surface area (Å²) in [7, 11) is 0. The lowest BCUT2D eigenvalue weighted by molar-refractivity contribution is 0.469. The van der Waals surface area contributed by atoms with Crippen LogP contribution < -0.4 is 4.74 Å². The van der Waals surface area contributed by atoms with E-state index in [0.717, 1.165) is 30.0 Å². The fourth-order valence-corrected chi connectivity index (χ4v) is 2.13. The van der Waals surface area contributed by atoms with Gasteiger partial charge < -0.3 is 4.74 Å². The summed E-state index contributed by atoms with van der Waals surface area (Å²) in [6.45, 7) is 11.2. The molecule has 0 spiro atoms. The Balaban J connectivity index is 2.37. The Morgan fingerprint density at radius 2 is 2.00 bits per heavy atom. The molecule has 1 aromatic heterocycles. The van der Waals surface area contributed by atoms with Gasteiger partial charge in [-0.15, -0.1) is 0 Å². The molecule has 0 aliphatic carbocycles. The molecule has 0 saturated heterocycles. The molecule has 0 amide bonds. The highest BCUT2D eigenvalue weighted by atomic mass is 16.5. The van der Waals surface area contributed by atoms with E-state index in [2.05, 4.69) is 16.0 Å². The maximum absolute atomic E-state index is 8.88. The Bertz CT molecular complexity index is 702. The molecular formula is C16H16N4O. The molecule has 0 fully saturated rings. The zero-order valence-electron chi connectivity index (χ0n) is 12.1. The predicted octanol–water partition coefficient (Wildman–Crippen LogP) is 3.87. The summed E-state index contributed by atoms with van der Waals surface area (Å²) in [6, 6.07) is 9.10. The molecule has 5 nitrogen and oxygen atoms in total. The number of benzene rings is 1. The largest absolute Gasteiger partial charge is 0.454 e. The van der Waals surface area contributed by atoms with Crippen LogP contribution in [0.25, 0.3) is 4.85 Å². The fourth-order valence-electron chi connectivity index (χ4n) is 2.13. The first kappa shape index (κ1) is 14.6. The number of rotatable bonds is 5. The number of ether oxygens (including phenoxy) is 1. The first-order chi connectivity index (χ1) is 10.2. The van der Waals surface area contributed by atoms with Crippen LogP contribution in [0.3, 0.4) is 0 Å². The van der Waals surface area contributed by atoms with Crippen LogP contribution in [0.4, 0.5) is 5.69 Å². The van der Waals surface area contributed by atoms with E-state index < -0.39 is 0 Å². The van der Waals surface area contributed by atoms with Crippen molar-refractivity contribution in [3.8, 4) is 17.6 Å². The zero-order valence-corrected chi connectivity index (χ0v) is 12.1. The van der Waals surface area contributed by atoms with E-state index >= 15 is 0 Å². The summed E-state index contributed by atoms with van der Waals surface area (Å²) in [5.41, 5.74) is 2.34. The molecule has 0 aliphatic heterocycles. The Labute approximate surface area is 124 Å². The minimum Gasteiger partial charge on any atom is -0.454 e. The third-order valence-electron chi connectivity index (χ3n) is 3.15. The van der Waals surface area contributed by atoms with Crippen LogP contribution in [0, 0.1) is 17.9 Å². The average Bonchev–Trinajstić information content (AvgIpc) is 2.85. The Morgan fingerprint density at radius 1 is 1.29 bits per heavy atom. The van der Waals surface area contributed by atoms with Crippen LogP contribution in [0.5, 0.6) is 11.5 Å². The smallest absolute Gasteiger partial charge is 0.187 e. The second kappa shape index (κ2) is 6.58. The van der Waals surface area contributed by atoms with Gasteiger partial charge in [0, 0.05) is 0 Å². The van der Waals surface area contributed by atoms with Gasteiger partial charge in [-0.1, -0.05) is 26.0 Å². The Kier molecular flexibility index (Phi) is 4.58. The van der Waals surface area contributed by atoms with Gasteiger partial charge in [0.05, 0.1) is 18.3 Å². The molecule has 2 aromatic rings. The van der Waals surface area contributed by atoms with E-state index in [-0.39, 0.29) is 6.54 Å². The number of nitrogens with zero attached hydrogens (tertiary/aromatic N) is 4.